The van der Waals surface area contributed by atoms with Gasteiger partial charge in [-0.3, -0.25) is 4.79 Å². The largest absolute Gasteiger partial charge is 0.494 e. The summed E-state index contributed by atoms with van der Waals surface area (Å²) in [5.74, 6) is 1.06. The Morgan fingerprint density at radius 1 is 1.41 bits per heavy atom. The second kappa shape index (κ2) is 5.63. The summed E-state index contributed by atoms with van der Waals surface area (Å²) in [6, 6.07) is 7.46. The van der Waals surface area contributed by atoms with Gasteiger partial charge in [0.15, 0.2) is 0 Å². The molecule has 114 valence electrons. The maximum Gasteiger partial charge on any atom is 0.226 e. The number of fused-ring (bicyclic) bond motifs is 1. The number of hydrogen-bond donors (Lipinski definition) is 1. The molecule has 0 fully saturated rings. The van der Waals surface area contributed by atoms with E-state index in [-0.39, 0.29) is 17.7 Å². The molecule has 3 rings (SSSR count). The number of nitrogens with one attached hydrogen (secondary N) is 1. The van der Waals surface area contributed by atoms with Gasteiger partial charge in [-0.1, -0.05) is 18.7 Å². The number of allylic oxidation sites excluding steroid dienone is 1. The molecule has 2 heterocycles. The first-order chi connectivity index (χ1) is 10.6. The number of anilines is 1. The molecule has 1 aliphatic rings. The van der Waals surface area contributed by atoms with Gasteiger partial charge < -0.3 is 10.1 Å². The maximum atomic E-state index is 12.1. The smallest absolute Gasteiger partial charge is 0.226 e. The predicted molar refractivity (Wildman–Crippen MR) is 82.7 cm³/mol. The standard InChI is InChI=1S/C16H18N4O2/c1-4-22-13-7-5-12(6-8-13)15-14(11(3)21)10(2)19-16-17-9-18-20(15)16/h5-9,14-15H,2,4H2,1,3H3,(H,17,18,19). The van der Waals surface area contributed by atoms with Crippen LogP contribution in [0.5, 0.6) is 5.75 Å². The molecule has 6 nitrogen and oxygen atoms in total. The van der Waals surface area contributed by atoms with Crippen molar-refractivity contribution in [1.82, 2.24) is 14.8 Å². The number of hydrogen-bond acceptors (Lipinski definition) is 5. The molecule has 1 aliphatic heterocycles. The highest BCUT2D eigenvalue weighted by Gasteiger charge is 2.37. The number of rotatable bonds is 4. The molecule has 0 amide bonds. The zero-order valence-electron chi connectivity index (χ0n) is 12.6. The highest BCUT2D eigenvalue weighted by Crippen LogP contribution is 2.37. The highest BCUT2D eigenvalue weighted by molar-refractivity contribution is 5.83. The highest BCUT2D eigenvalue weighted by atomic mass is 16.5. The van der Waals surface area contributed by atoms with E-state index in [2.05, 4.69) is 22.0 Å². The van der Waals surface area contributed by atoms with Gasteiger partial charge in [0, 0.05) is 5.70 Å². The number of ketones is 1. The molecule has 0 radical (unpaired) electrons. The Labute approximate surface area is 128 Å². The van der Waals surface area contributed by atoms with Crippen molar-refractivity contribution in [2.75, 3.05) is 11.9 Å². The first-order valence-electron chi connectivity index (χ1n) is 7.20. The Morgan fingerprint density at radius 2 is 2.14 bits per heavy atom. The average molecular weight is 298 g/mol. The van der Waals surface area contributed by atoms with Gasteiger partial charge in [-0.15, -0.1) is 0 Å². The lowest BCUT2D eigenvalue weighted by Gasteiger charge is -2.33. The van der Waals surface area contributed by atoms with Crippen molar-refractivity contribution in [3.63, 3.8) is 0 Å². The van der Waals surface area contributed by atoms with Crippen molar-refractivity contribution < 1.29 is 9.53 Å². The van der Waals surface area contributed by atoms with Crippen LogP contribution in [0.4, 0.5) is 5.95 Å². The second-order valence-corrected chi connectivity index (χ2v) is 5.21. The number of Topliss-reactive ketones (excluding diaryl/α,β-unsaturated/α-hetero) is 1. The number of benzene rings is 1. The third-order valence-electron chi connectivity index (χ3n) is 3.77. The number of ether oxygens (including phenoxy) is 1. The molecular weight excluding hydrogens is 280 g/mol. The number of aromatic nitrogens is 3. The van der Waals surface area contributed by atoms with Crippen molar-refractivity contribution in [2.24, 2.45) is 5.92 Å². The van der Waals surface area contributed by atoms with Crippen molar-refractivity contribution in [2.45, 2.75) is 19.9 Å². The van der Waals surface area contributed by atoms with Crippen LogP contribution < -0.4 is 10.1 Å². The Bertz CT molecular complexity index is 705. The molecule has 22 heavy (non-hydrogen) atoms. The van der Waals surface area contributed by atoms with Gasteiger partial charge in [0.05, 0.1) is 18.6 Å². The summed E-state index contributed by atoms with van der Waals surface area (Å²) in [6.07, 6.45) is 1.47. The fraction of sp³-hybridized carbons (Fsp3) is 0.312. The summed E-state index contributed by atoms with van der Waals surface area (Å²) in [7, 11) is 0. The van der Waals surface area contributed by atoms with E-state index in [1.165, 1.54) is 6.33 Å². The van der Waals surface area contributed by atoms with Gasteiger partial charge in [0.25, 0.3) is 0 Å². The van der Waals surface area contributed by atoms with Gasteiger partial charge in [0.2, 0.25) is 5.95 Å². The molecule has 1 aromatic carbocycles. The summed E-state index contributed by atoms with van der Waals surface area (Å²) in [5, 5.41) is 7.31. The van der Waals surface area contributed by atoms with Crippen molar-refractivity contribution >= 4 is 11.7 Å². The van der Waals surface area contributed by atoms with E-state index < -0.39 is 0 Å². The van der Waals surface area contributed by atoms with E-state index in [1.807, 2.05) is 31.2 Å². The van der Waals surface area contributed by atoms with Crippen LogP contribution in [-0.4, -0.2) is 27.2 Å². The average Bonchev–Trinajstić information content (AvgIpc) is 2.94. The first-order valence-corrected chi connectivity index (χ1v) is 7.20. The molecule has 2 unspecified atom stereocenters. The lowest BCUT2D eigenvalue weighted by Crippen LogP contribution is -2.35. The van der Waals surface area contributed by atoms with Gasteiger partial charge in [0.1, 0.15) is 17.9 Å². The second-order valence-electron chi connectivity index (χ2n) is 5.21. The third-order valence-corrected chi connectivity index (χ3v) is 3.77. The number of nitrogens with zero attached hydrogens (tertiary/aromatic N) is 3. The van der Waals surface area contributed by atoms with Crippen LogP contribution in [0.3, 0.4) is 0 Å². The SMILES string of the molecule is C=C1Nc2ncnn2C(c2ccc(OCC)cc2)C1C(C)=O. The molecule has 1 aromatic heterocycles. The van der Waals surface area contributed by atoms with E-state index in [4.69, 9.17) is 4.74 Å². The van der Waals surface area contributed by atoms with Gasteiger partial charge in [-0.05, 0) is 31.5 Å². The van der Waals surface area contributed by atoms with E-state index >= 15 is 0 Å². The van der Waals surface area contributed by atoms with Crippen LogP contribution in [0.2, 0.25) is 0 Å². The summed E-state index contributed by atoms with van der Waals surface area (Å²) in [6.45, 7) is 8.11. The summed E-state index contributed by atoms with van der Waals surface area (Å²) in [5.41, 5.74) is 1.62. The summed E-state index contributed by atoms with van der Waals surface area (Å²) >= 11 is 0. The first kappa shape index (κ1) is 14.3. The van der Waals surface area contributed by atoms with Crippen molar-refractivity contribution in [3.8, 4) is 5.75 Å². The fourth-order valence-electron chi connectivity index (χ4n) is 2.83. The predicted octanol–water partition coefficient (Wildman–Crippen LogP) is 2.41. The minimum atomic E-state index is -0.382. The third kappa shape index (κ3) is 2.36. The topological polar surface area (TPSA) is 69.0 Å². The zero-order valence-corrected chi connectivity index (χ0v) is 12.6. The quantitative estimate of drug-likeness (QED) is 0.938. The minimum absolute atomic E-state index is 0.0394. The van der Waals surface area contributed by atoms with E-state index in [0.717, 1.165) is 11.3 Å². The van der Waals surface area contributed by atoms with Crippen LogP contribution in [-0.2, 0) is 4.79 Å². The van der Waals surface area contributed by atoms with Crippen LogP contribution in [0.1, 0.15) is 25.5 Å². The van der Waals surface area contributed by atoms with Crippen molar-refractivity contribution in [1.29, 1.82) is 0 Å². The Kier molecular flexibility index (Phi) is 3.66. The molecule has 0 saturated heterocycles. The molecule has 1 N–H and O–H groups in total. The van der Waals surface area contributed by atoms with Crippen LogP contribution >= 0.6 is 0 Å². The van der Waals surface area contributed by atoms with E-state index in [0.29, 0.717) is 18.3 Å². The molecular formula is C16H18N4O2. The molecule has 0 spiro atoms. The van der Waals surface area contributed by atoms with Gasteiger partial charge in [-0.25, -0.2) is 4.68 Å². The van der Waals surface area contributed by atoms with E-state index in [9.17, 15) is 4.79 Å². The zero-order chi connectivity index (χ0) is 15.7. The lowest BCUT2D eigenvalue weighted by molar-refractivity contribution is -0.120. The molecule has 0 bridgehead atoms. The molecule has 0 saturated carbocycles. The molecule has 2 aromatic rings. The van der Waals surface area contributed by atoms with E-state index in [1.54, 1.807) is 11.6 Å². The normalized spacial score (nSPS) is 20.2. The monoisotopic (exact) mass is 298 g/mol. The van der Waals surface area contributed by atoms with Crippen LogP contribution in [0, 0.1) is 5.92 Å². The van der Waals surface area contributed by atoms with Crippen LogP contribution in [0.15, 0.2) is 42.9 Å². The molecule has 0 aliphatic carbocycles. The summed E-state index contributed by atoms with van der Waals surface area (Å²) < 4.78 is 7.20. The molecule has 6 heteroatoms. The number of carbonyl (C=O) groups excluding carboxylic acids is 1. The van der Waals surface area contributed by atoms with Crippen molar-refractivity contribution in [3.05, 3.63) is 48.4 Å². The Hall–Kier alpha value is -2.63. The Balaban J connectivity index is 2.05. The number of carbonyl (C=O) groups is 1. The Morgan fingerprint density at radius 3 is 2.77 bits per heavy atom. The van der Waals surface area contributed by atoms with Gasteiger partial charge >= 0.3 is 0 Å². The fourth-order valence-corrected chi connectivity index (χ4v) is 2.83. The summed E-state index contributed by atoms with van der Waals surface area (Å²) in [4.78, 5) is 16.3. The van der Waals surface area contributed by atoms with Crippen LogP contribution in [0.25, 0.3) is 0 Å². The lowest BCUT2D eigenvalue weighted by atomic mass is 9.86. The van der Waals surface area contributed by atoms with Gasteiger partial charge in [-0.2, -0.15) is 10.1 Å². The molecule has 2 atom stereocenters. The maximum absolute atomic E-state index is 12.1. The minimum Gasteiger partial charge on any atom is -0.494 e.